The minimum absolute atomic E-state index is 0.170. The van der Waals surface area contributed by atoms with E-state index in [0.29, 0.717) is 17.6 Å². The summed E-state index contributed by atoms with van der Waals surface area (Å²) in [6.07, 6.45) is 4.89. The molecule has 0 saturated heterocycles. The maximum atomic E-state index is 12.3. The highest BCUT2D eigenvalue weighted by Crippen LogP contribution is 2.35. The first-order chi connectivity index (χ1) is 7.58. The Morgan fingerprint density at radius 2 is 1.88 bits per heavy atom. The Balaban J connectivity index is 2.13. The van der Waals surface area contributed by atoms with Crippen LogP contribution >= 0.6 is 0 Å². The molecule has 0 N–H and O–H groups in total. The van der Waals surface area contributed by atoms with E-state index in [1.807, 2.05) is 13.0 Å². The van der Waals surface area contributed by atoms with Gasteiger partial charge < -0.3 is 4.42 Å². The summed E-state index contributed by atoms with van der Waals surface area (Å²) in [5.41, 5.74) is 0.968. The van der Waals surface area contributed by atoms with Crippen molar-refractivity contribution >= 4 is 5.78 Å². The summed E-state index contributed by atoms with van der Waals surface area (Å²) in [7, 11) is 0. The molecule has 2 rings (SSSR count). The molecule has 0 spiro atoms. The van der Waals surface area contributed by atoms with E-state index in [1.165, 1.54) is 6.42 Å². The normalized spacial score (nSPS) is 30.3. The van der Waals surface area contributed by atoms with Crippen molar-refractivity contribution < 1.29 is 9.21 Å². The minimum Gasteiger partial charge on any atom is -0.461 e. The van der Waals surface area contributed by atoms with Crippen LogP contribution in [0.2, 0.25) is 0 Å². The molecule has 0 aromatic carbocycles. The van der Waals surface area contributed by atoms with Crippen molar-refractivity contribution in [2.45, 2.75) is 40.0 Å². The number of Topliss-reactive ketones (excluding diaryl/α,β-unsaturated/α-hetero) is 1. The molecular formula is C14H20O2. The molecule has 1 fully saturated rings. The van der Waals surface area contributed by atoms with Gasteiger partial charge in [-0.15, -0.1) is 0 Å². The van der Waals surface area contributed by atoms with Crippen LogP contribution in [0, 0.1) is 24.7 Å². The van der Waals surface area contributed by atoms with E-state index in [2.05, 4.69) is 13.8 Å². The van der Waals surface area contributed by atoms with E-state index in [0.717, 1.165) is 18.4 Å². The summed E-state index contributed by atoms with van der Waals surface area (Å²) in [6, 6.07) is 1.86. The number of hydrogen-bond acceptors (Lipinski definition) is 2. The second kappa shape index (κ2) is 4.44. The van der Waals surface area contributed by atoms with Crippen LogP contribution in [-0.2, 0) is 0 Å². The molecule has 2 atom stereocenters. The number of hydrogen-bond donors (Lipinski definition) is 0. The third-order valence-electron chi connectivity index (χ3n) is 3.64. The van der Waals surface area contributed by atoms with Crippen LogP contribution in [0.25, 0.3) is 0 Å². The number of ketones is 1. The molecule has 0 bridgehead atoms. The van der Waals surface area contributed by atoms with E-state index < -0.39 is 0 Å². The molecule has 1 aliphatic carbocycles. The highest BCUT2D eigenvalue weighted by Gasteiger charge is 2.31. The van der Waals surface area contributed by atoms with Gasteiger partial charge in [0.2, 0.25) is 5.78 Å². The molecule has 1 aromatic heterocycles. The fourth-order valence-corrected chi connectivity index (χ4v) is 2.97. The Labute approximate surface area is 97.0 Å². The monoisotopic (exact) mass is 220 g/mol. The molecule has 1 aromatic rings. The third-order valence-corrected chi connectivity index (χ3v) is 3.64. The van der Waals surface area contributed by atoms with E-state index in [1.54, 1.807) is 6.26 Å². The summed E-state index contributed by atoms with van der Waals surface area (Å²) in [5.74, 6) is 2.27. The van der Waals surface area contributed by atoms with Gasteiger partial charge in [-0.05, 0) is 49.7 Å². The lowest BCUT2D eigenvalue weighted by Gasteiger charge is -2.30. The number of carbonyl (C=O) groups is 1. The first-order valence-electron chi connectivity index (χ1n) is 6.16. The summed E-state index contributed by atoms with van der Waals surface area (Å²) >= 11 is 0. The van der Waals surface area contributed by atoms with Gasteiger partial charge in [0.1, 0.15) is 0 Å². The van der Waals surface area contributed by atoms with Crippen molar-refractivity contribution in [1.82, 2.24) is 0 Å². The van der Waals surface area contributed by atoms with Gasteiger partial charge in [-0.1, -0.05) is 13.8 Å². The van der Waals surface area contributed by atoms with Crippen molar-refractivity contribution in [3.8, 4) is 0 Å². The molecule has 88 valence electrons. The van der Waals surface area contributed by atoms with Crippen LogP contribution in [0.4, 0.5) is 0 Å². The van der Waals surface area contributed by atoms with Gasteiger partial charge in [-0.2, -0.15) is 0 Å². The SMILES string of the molecule is Cc1ccoc1C(=O)C1CC(C)CC(C)C1. The average molecular weight is 220 g/mol. The topological polar surface area (TPSA) is 30.2 Å². The molecule has 1 heterocycles. The molecule has 16 heavy (non-hydrogen) atoms. The first kappa shape index (κ1) is 11.4. The molecule has 1 saturated carbocycles. The summed E-state index contributed by atoms with van der Waals surface area (Å²) in [5, 5.41) is 0. The molecular weight excluding hydrogens is 200 g/mol. The molecule has 0 radical (unpaired) electrons. The lowest BCUT2D eigenvalue weighted by molar-refractivity contribution is 0.0806. The minimum atomic E-state index is 0.170. The molecule has 2 heteroatoms. The van der Waals surface area contributed by atoms with E-state index in [9.17, 15) is 4.79 Å². The van der Waals surface area contributed by atoms with Crippen LogP contribution < -0.4 is 0 Å². The summed E-state index contributed by atoms with van der Waals surface area (Å²) < 4.78 is 5.30. The van der Waals surface area contributed by atoms with Crippen molar-refractivity contribution in [1.29, 1.82) is 0 Å². The zero-order valence-corrected chi connectivity index (χ0v) is 10.3. The lowest BCUT2D eigenvalue weighted by atomic mass is 9.74. The average Bonchev–Trinajstić information content (AvgIpc) is 2.62. The number of carbonyl (C=O) groups excluding carboxylic acids is 1. The Hall–Kier alpha value is -1.05. The predicted molar refractivity (Wildman–Crippen MR) is 63.4 cm³/mol. The smallest absolute Gasteiger partial charge is 0.201 e. The standard InChI is InChI=1S/C14H20O2/c1-9-6-10(2)8-12(7-9)13(15)14-11(3)4-5-16-14/h4-5,9-10,12H,6-8H2,1-3H3. The van der Waals surface area contributed by atoms with Crippen molar-refractivity contribution in [3.63, 3.8) is 0 Å². The van der Waals surface area contributed by atoms with Gasteiger partial charge >= 0.3 is 0 Å². The zero-order valence-electron chi connectivity index (χ0n) is 10.3. The Morgan fingerprint density at radius 1 is 1.25 bits per heavy atom. The quantitative estimate of drug-likeness (QED) is 0.709. The fourth-order valence-electron chi connectivity index (χ4n) is 2.97. The van der Waals surface area contributed by atoms with Crippen molar-refractivity contribution in [3.05, 3.63) is 23.7 Å². The van der Waals surface area contributed by atoms with Crippen LogP contribution in [0.15, 0.2) is 16.7 Å². The molecule has 2 unspecified atom stereocenters. The van der Waals surface area contributed by atoms with Gasteiger partial charge in [-0.25, -0.2) is 0 Å². The second-order valence-electron chi connectivity index (χ2n) is 5.41. The number of rotatable bonds is 2. The Kier molecular flexibility index (Phi) is 3.17. The third kappa shape index (κ3) is 2.21. The lowest BCUT2D eigenvalue weighted by Crippen LogP contribution is -2.26. The number of aryl methyl sites for hydroxylation is 1. The van der Waals surface area contributed by atoms with Crippen molar-refractivity contribution in [2.75, 3.05) is 0 Å². The Morgan fingerprint density at radius 3 is 2.38 bits per heavy atom. The van der Waals surface area contributed by atoms with Crippen LogP contribution in [0.5, 0.6) is 0 Å². The first-order valence-corrected chi connectivity index (χ1v) is 6.16. The molecule has 1 aliphatic rings. The van der Waals surface area contributed by atoms with E-state index in [-0.39, 0.29) is 11.7 Å². The molecule has 0 amide bonds. The highest BCUT2D eigenvalue weighted by atomic mass is 16.3. The van der Waals surface area contributed by atoms with Gasteiger partial charge in [0, 0.05) is 5.92 Å². The van der Waals surface area contributed by atoms with Crippen LogP contribution in [-0.4, -0.2) is 5.78 Å². The van der Waals surface area contributed by atoms with Gasteiger partial charge in [0.05, 0.1) is 6.26 Å². The van der Waals surface area contributed by atoms with Gasteiger partial charge in [0.15, 0.2) is 5.76 Å². The molecule has 2 nitrogen and oxygen atoms in total. The fraction of sp³-hybridized carbons (Fsp3) is 0.643. The summed E-state index contributed by atoms with van der Waals surface area (Å²) in [6.45, 7) is 6.42. The van der Waals surface area contributed by atoms with E-state index >= 15 is 0 Å². The maximum Gasteiger partial charge on any atom is 0.201 e. The zero-order chi connectivity index (χ0) is 11.7. The van der Waals surface area contributed by atoms with Gasteiger partial charge in [0.25, 0.3) is 0 Å². The Bertz CT molecular complexity index is 368. The predicted octanol–water partition coefficient (Wildman–Crippen LogP) is 3.84. The number of furan rings is 1. The second-order valence-corrected chi connectivity index (χ2v) is 5.41. The van der Waals surface area contributed by atoms with Crippen LogP contribution in [0.1, 0.15) is 49.2 Å². The maximum absolute atomic E-state index is 12.3. The van der Waals surface area contributed by atoms with Gasteiger partial charge in [-0.3, -0.25) is 4.79 Å². The van der Waals surface area contributed by atoms with Crippen LogP contribution in [0.3, 0.4) is 0 Å². The van der Waals surface area contributed by atoms with Crippen molar-refractivity contribution in [2.24, 2.45) is 17.8 Å². The van der Waals surface area contributed by atoms with E-state index in [4.69, 9.17) is 4.42 Å². The molecule has 0 aliphatic heterocycles. The largest absolute Gasteiger partial charge is 0.461 e. The summed E-state index contributed by atoms with van der Waals surface area (Å²) in [4.78, 5) is 12.3. The highest BCUT2D eigenvalue weighted by molar-refractivity contribution is 5.96.